The van der Waals surface area contributed by atoms with Crippen LogP contribution in [-0.2, 0) is 10.0 Å². The van der Waals surface area contributed by atoms with Crippen molar-refractivity contribution in [2.45, 2.75) is 11.8 Å². The van der Waals surface area contributed by atoms with Crippen LogP contribution in [0.1, 0.15) is 5.56 Å². The van der Waals surface area contributed by atoms with Crippen molar-refractivity contribution < 1.29 is 13.2 Å². The zero-order valence-corrected chi connectivity index (χ0v) is 11.1. The predicted molar refractivity (Wildman–Crippen MR) is 66.8 cm³/mol. The van der Waals surface area contributed by atoms with E-state index >= 15 is 0 Å². The largest absolute Gasteiger partial charge is 0.497 e. The first-order valence-corrected chi connectivity index (χ1v) is 6.78. The SMILES string of the molecule is CNCCNS(=O)(=O)c1cc(OC)ccc1C. The average Bonchev–Trinajstić information content (AvgIpc) is 2.29. The molecule has 6 heteroatoms. The molecule has 2 N–H and O–H groups in total. The summed E-state index contributed by atoms with van der Waals surface area (Å²) < 4.78 is 31.6. The number of rotatable bonds is 6. The minimum Gasteiger partial charge on any atom is -0.497 e. The van der Waals surface area contributed by atoms with Crippen molar-refractivity contribution >= 4 is 10.0 Å². The first-order valence-electron chi connectivity index (χ1n) is 5.30. The van der Waals surface area contributed by atoms with Gasteiger partial charge in [0.25, 0.3) is 0 Å². The molecule has 0 aromatic heterocycles. The molecule has 0 aliphatic heterocycles. The summed E-state index contributed by atoms with van der Waals surface area (Å²) in [5.41, 5.74) is 0.697. The Bertz CT molecular complexity index is 472. The molecule has 0 fully saturated rings. The maximum Gasteiger partial charge on any atom is 0.241 e. The Morgan fingerprint density at radius 3 is 2.59 bits per heavy atom. The second kappa shape index (κ2) is 6.00. The Kier molecular flexibility index (Phi) is 4.92. The second-order valence-corrected chi connectivity index (χ2v) is 5.37. The average molecular weight is 258 g/mol. The van der Waals surface area contributed by atoms with Gasteiger partial charge in [0, 0.05) is 19.2 Å². The Morgan fingerprint density at radius 2 is 2.00 bits per heavy atom. The third-order valence-corrected chi connectivity index (χ3v) is 3.95. The van der Waals surface area contributed by atoms with E-state index in [1.165, 1.54) is 13.2 Å². The minimum atomic E-state index is -3.47. The lowest BCUT2D eigenvalue weighted by molar-refractivity contribution is 0.413. The van der Waals surface area contributed by atoms with Gasteiger partial charge < -0.3 is 10.1 Å². The summed E-state index contributed by atoms with van der Waals surface area (Å²) in [4.78, 5) is 0.257. The third-order valence-electron chi connectivity index (χ3n) is 2.35. The van der Waals surface area contributed by atoms with Gasteiger partial charge in [-0.15, -0.1) is 0 Å². The van der Waals surface area contributed by atoms with Gasteiger partial charge in [0.05, 0.1) is 12.0 Å². The Labute approximate surface area is 102 Å². The Morgan fingerprint density at radius 1 is 1.29 bits per heavy atom. The molecule has 0 spiro atoms. The highest BCUT2D eigenvalue weighted by Gasteiger charge is 2.16. The molecule has 5 nitrogen and oxygen atoms in total. The number of sulfonamides is 1. The van der Waals surface area contributed by atoms with E-state index in [0.29, 0.717) is 24.4 Å². The van der Waals surface area contributed by atoms with Crippen LogP contribution in [0.5, 0.6) is 5.75 Å². The smallest absolute Gasteiger partial charge is 0.241 e. The van der Waals surface area contributed by atoms with Crippen molar-refractivity contribution in [2.75, 3.05) is 27.2 Å². The Hall–Kier alpha value is -1.11. The van der Waals surface area contributed by atoms with E-state index in [-0.39, 0.29) is 4.90 Å². The minimum absolute atomic E-state index is 0.257. The molecule has 0 saturated heterocycles. The van der Waals surface area contributed by atoms with Gasteiger partial charge in [-0.25, -0.2) is 13.1 Å². The van der Waals surface area contributed by atoms with Crippen LogP contribution < -0.4 is 14.8 Å². The van der Waals surface area contributed by atoms with Crippen LogP contribution in [0, 0.1) is 6.92 Å². The summed E-state index contributed by atoms with van der Waals surface area (Å²) in [5.74, 6) is 0.532. The standard InChI is InChI=1S/C11H18N2O3S/c1-9-4-5-10(16-3)8-11(9)17(14,15)13-7-6-12-2/h4-5,8,12-13H,6-7H2,1-3H3. The maximum absolute atomic E-state index is 12.0. The van der Waals surface area contributed by atoms with Crippen molar-refractivity contribution in [1.29, 1.82) is 0 Å². The van der Waals surface area contributed by atoms with Gasteiger partial charge in [0.1, 0.15) is 5.75 Å². The highest BCUT2D eigenvalue weighted by Crippen LogP contribution is 2.21. The monoisotopic (exact) mass is 258 g/mol. The first kappa shape index (κ1) is 14.0. The second-order valence-electron chi connectivity index (χ2n) is 3.63. The normalized spacial score (nSPS) is 11.5. The number of hydrogen-bond donors (Lipinski definition) is 2. The van der Waals surface area contributed by atoms with Crippen LogP contribution in [0.15, 0.2) is 23.1 Å². The van der Waals surface area contributed by atoms with Crippen LogP contribution in [-0.4, -0.2) is 35.7 Å². The lowest BCUT2D eigenvalue weighted by atomic mass is 10.2. The molecule has 17 heavy (non-hydrogen) atoms. The van der Waals surface area contributed by atoms with Crippen LogP contribution in [0.25, 0.3) is 0 Å². The van der Waals surface area contributed by atoms with Crippen molar-refractivity contribution in [3.63, 3.8) is 0 Å². The van der Waals surface area contributed by atoms with E-state index in [0.717, 1.165) is 0 Å². The van der Waals surface area contributed by atoms with Gasteiger partial charge in [0.15, 0.2) is 0 Å². The number of nitrogens with one attached hydrogen (secondary N) is 2. The summed E-state index contributed by atoms with van der Waals surface area (Å²) in [6, 6.07) is 4.99. The molecule has 0 amide bonds. The molecule has 0 heterocycles. The fourth-order valence-electron chi connectivity index (χ4n) is 1.39. The van der Waals surface area contributed by atoms with E-state index in [1.807, 2.05) is 0 Å². The molecule has 1 aromatic rings. The topological polar surface area (TPSA) is 67.4 Å². The van der Waals surface area contributed by atoms with Crippen molar-refractivity contribution in [3.8, 4) is 5.75 Å². The van der Waals surface area contributed by atoms with Gasteiger partial charge in [-0.2, -0.15) is 0 Å². The predicted octanol–water partition coefficient (Wildman–Crippen LogP) is 0.501. The summed E-state index contributed by atoms with van der Waals surface area (Å²) in [5, 5.41) is 2.88. The molecule has 0 radical (unpaired) electrons. The number of benzene rings is 1. The number of aryl methyl sites for hydroxylation is 1. The van der Waals surface area contributed by atoms with E-state index in [4.69, 9.17) is 4.74 Å². The van der Waals surface area contributed by atoms with Gasteiger partial charge in [-0.1, -0.05) is 6.07 Å². The number of likely N-dealkylation sites (N-methyl/N-ethyl adjacent to an activating group) is 1. The quantitative estimate of drug-likeness (QED) is 0.729. The van der Waals surface area contributed by atoms with Crippen LogP contribution in [0.3, 0.4) is 0 Å². The van der Waals surface area contributed by atoms with Crippen LogP contribution in [0.4, 0.5) is 0 Å². The van der Waals surface area contributed by atoms with E-state index < -0.39 is 10.0 Å². The number of ether oxygens (including phenoxy) is 1. The van der Waals surface area contributed by atoms with Gasteiger partial charge in [-0.05, 0) is 25.6 Å². The first-order chi connectivity index (χ1) is 8.01. The summed E-state index contributed by atoms with van der Waals surface area (Å²) in [6.45, 7) is 2.70. The third kappa shape index (κ3) is 3.69. The highest BCUT2D eigenvalue weighted by atomic mass is 32.2. The summed E-state index contributed by atoms with van der Waals surface area (Å²) in [6.07, 6.45) is 0. The number of hydrogen-bond acceptors (Lipinski definition) is 4. The lowest BCUT2D eigenvalue weighted by Crippen LogP contribution is -2.30. The molecule has 0 saturated carbocycles. The van der Waals surface area contributed by atoms with Crippen LogP contribution in [0.2, 0.25) is 0 Å². The molecule has 96 valence electrons. The van der Waals surface area contributed by atoms with Gasteiger partial charge in [0.2, 0.25) is 10.0 Å². The molecule has 0 aliphatic carbocycles. The van der Waals surface area contributed by atoms with Crippen molar-refractivity contribution in [3.05, 3.63) is 23.8 Å². The van der Waals surface area contributed by atoms with Gasteiger partial charge in [-0.3, -0.25) is 0 Å². The summed E-state index contributed by atoms with van der Waals surface area (Å²) in [7, 11) is -0.187. The highest BCUT2D eigenvalue weighted by molar-refractivity contribution is 7.89. The molecule has 0 bridgehead atoms. The van der Waals surface area contributed by atoms with Gasteiger partial charge >= 0.3 is 0 Å². The van der Waals surface area contributed by atoms with Crippen molar-refractivity contribution in [2.24, 2.45) is 0 Å². The lowest BCUT2D eigenvalue weighted by Gasteiger charge is -2.10. The Balaban J connectivity index is 2.97. The van der Waals surface area contributed by atoms with E-state index in [1.54, 1.807) is 26.1 Å². The number of methoxy groups -OCH3 is 1. The molecule has 1 rings (SSSR count). The zero-order chi connectivity index (χ0) is 12.9. The molecule has 1 aromatic carbocycles. The van der Waals surface area contributed by atoms with E-state index in [2.05, 4.69) is 10.0 Å². The molecule has 0 aliphatic rings. The zero-order valence-electron chi connectivity index (χ0n) is 10.3. The molecule has 0 atom stereocenters. The molecular formula is C11H18N2O3S. The molecule has 0 unspecified atom stereocenters. The molecular weight excluding hydrogens is 240 g/mol. The summed E-state index contributed by atoms with van der Waals surface area (Å²) >= 11 is 0. The van der Waals surface area contributed by atoms with Crippen molar-refractivity contribution in [1.82, 2.24) is 10.0 Å². The maximum atomic E-state index is 12.0. The fraction of sp³-hybridized carbons (Fsp3) is 0.455. The van der Waals surface area contributed by atoms with E-state index in [9.17, 15) is 8.42 Å². The fourth-order valence-corrected chi connectivity index (χ4v) is 2.67. The van der Waals surface area contributed by atoms with Crippen LogP contribution >= 0.6 is 0 Å².